The molecule has 4 rings (SSSR count). The molecule has 17 heavy (non-hydrogen) atoms. The van der Waals surface area contributed by atoms with Gasteiger partial charge in [-0.05, 0) is 30.7 Å². The molecule has 4 heterocycles. The van der Waals surface area contributed by atoms with Gasteiger partial charge in [0.1, 0.15) is 0 Å². The molecule has 0 radical (unpaired) electrons. The molecule has 3 atom stereocenters. The quantitative estimate of drug-likeness (QED) is 0.885. The van der Waals surface area contributed by atoms with Crippen LogP contribution in [0.15, 0.2) is 22.0 Å². The van der Waals surface area contributed by atoms with Crippen molar-refractivity contribution in [3.63, 3.8) is 0 Å². The molecule has 2 saturated heterocycles. The van der Waals surface area contributed by atoms with E-state index in [0.29, 0.717) is 18.0 Å². The topological polar surface area (TPSA) is 51.0 Å². The van der Waals surface area contributed by atoms with Crippen LogP contribution in [0.1, 0.15) is 31.1 Å². The van der Waals surface area contributed by atoms with Gasteiger partial charge in [0, 0.05) is 12.1 Å². The third-order valence-electron chi connectivity index (χ3n) is 3.80. The lowest BCUT2D eigenvalue weighted by Crippen LogP contribution is -2.21. The molecule has 0 saturated carbocycles. The number of rotatable bonds is 2. The Morgan fingerprint density at radius 1 is 1.41 bits per heavy atom. The van der Waals surface area contributed by atoms with Crippen molar-refractivity contribution in [2.24, 2.45) is 0 Å². The number of thiophene rings is 1. The molecule has 2 fully saturated rings. The number of hydrogen-bond donors (Lipinski definition) is 1. The number of fused-ring (bicyclic) bond motifs is 2. The molecule has 0 aliphatic carbocycles. The zero-order chi connectivity index (χ0) is 11.2. The predicted molar refractivity (Wildman–Crippen MR) is 64.9 cm³/mol. The van der Waals surface area contributed by atoms with Crippen molar-refractivity contribution in [1.82, 2.24) is 15.5 Å². The van der Waals surface area contributed by atoms with E-state index >= 15 is 0 Å². The van der Waals surface area contributed by atoms with Gasteiger partial charge in [-0.1, -0.05) is 11.2 Å². The molecule has 2 aromatic heterocycles. The summed E-state index contributed by atoms with van der Waals surface area (Å²) in [6, 6.07) is 5.26. The molecule has 2 aliphatic heterocycles. The van der Waals surface area contributed by atoms with Gasteiger partial charge in [0.2, 0.25) is 11.7 Å². The van der Waals surface area contributed by atoms with Crippen LogP contribution in [0, 0.1) is 0 Å². The zero-order valence-electron chi connectivity index (χ0n) is 9.30. The second kappa shape index (κ2) is 3.65. The van der Waals surface area contributed by atoms with E-state index < -0.39 is 0 Å². The summed E-state index contributed by atoms with van der Waals surface area (Å²) >= 11 is 1.65. The summed E-state index contributed by atoms with van der Waals surface area (Å²) in [5, 5.41) is 9.71. The molecular formula is C12H13N3OS. The first-order chi connectivity index (χ1) is 8.40. The Bertz CT molecular complexity index is 522. The van der Waals surface area contributed by atoms with E-state index in [4.69, 9.17) is 4.52 Å². The summed E-state index contributed by atoms with van der Waals surface area (Å²) in [4.78, 5) is 5.63. The molecule has 2 bridgehead atoms. The monoisotopic (exact) mass is 247 g/mol. The molecule has 0 spiro atoms. The minimum Gasteiger partial charge on any atom is -0.339 e. The van der Waals surface area contributed by atoms with Gasteiger partial charge in [0.15, 0.2) is 0 Å². The predicted octanol–water partition coefficient (Wildman–Crippen LogP) is 2.41. The highest BCUT2D eigenvalue weighted by molar-refractivity contribution is 7.13. The van der Waals surface area contributed by atoms with Crippen molar-refractivity contribution < 1.29 is 4.52 Å². The highest BCUT2D eigenvalue weighted by Crippen LogP contribution is 2.39. The van der Waals surface area contributed by atoms with Crippen molar-refractivity contribution in [2.45, 2.75) is 37.3 Å². The highest BCUT2D eigenvalue weighted by Gasteiger charge is 2.42. The smallest absolute Gasteiger partial charge is 0.231 e. The second-order valence-corrected chi connectivity index (χ2v) is 5.77. The lowest BCUT2D eigenvalue weighted by molar-refractivity contribution is 0.330. The van der Waals surface area contributed by atoms with Crippen LogP contribution in [0.4, 0.5) is 0 Å². The number of hydrogen-bond acceptors (Lipinski definition) is 5. The minimum absolute atomic E-state index is 0.426. The van der Waals surface area contributed by atoms with E-state index in [2.05, 4.69) is 15.5 Å². The van der Waals surface area contributed by atoms with Gasteiger partial charge in [0.25, 0.3) is 0 Å². The zero-order valence-corrected chi connectivity index (χ0v) is 10.1. The summed E-state index contributed by atoms with van der Waals surface area (Å²) in [6.45, 7) is 0. The molecule has 4 nitrogen and oxygen atoms in total. The van der Waals surface area contributed by atoms with Crippen LogP contribution in [0.2, 0.25) is 0 Å². The first-order valence-electron chi connectivity index (χ1n) is 6.04. The van der Waals surface area contributed by atoms with Crippen molar-refractivity contribution in [2.75, 3.05) is 0 Å². The molecule has 2 aliphatic rings. The molecule has 0 aromatic carbocycles. The van der Waals surface area contributed by atoms with Crippen molar-refractivity contribution in [3.8, 4) is 10.7 Å². The molecular weight excluding hydrogens is 234 g/mol. The molecule has 3 unspecified atom stereocenters. The lowest BCUT2D eigenvalue weighted by atomic mass is 9.89. The molecule has 1 N–H and O–H groups in total. The van der Waals surface area contributed by atoms with E-state index in [1.807, 2.05) is 17.5 Å². The molecule has 2 aromatic rings. The van der Waals surface area contributed by atoms with E-state index in [1.165, 1.54) is 12.8 Å². The Morgan fingerprint density at radius 2 is 2.41 bits per heavy atom. The van der Waals surface area contributed by atoms with Crippen LogP contribution < -0.4 is 5.32 Å². The van der Waals surface area contributed by atoms with Crippen molar-refractivity contribution >= 4 is 11.3 Å². The SMILES string of the molecule is c1csc(-c2noc(C3CC4CCC3N4)n2)c1. The van der Waals surface area contributed by atoms with Crippen LogP contribution in [0.3, 0.4) is 0 Å². The van der Waals surface area contributed by atoms with Crippen LogP contribution >= 0.6 is 11.3 Å². The van der Waals surface area contributed by atoms with Gasteiger partial charge in [0.05, 0.1) is 10.8 Å². The maximum Gasteiger partial charge on any atom is 0.231 e. The van der Waals surface area contributed by atoms with Crippen molar-refractivity contribution in [1.29, 1.82) is 0 Å². The Morgan fingerprint density at radius 3 is 3.12 bits per heavy atom. The fraction of sp³-hybridized carbons (Fsp3) is 0.500. The average molecular weight is 247 g/mol. The normalized spacial score (nSPS) is 31.2. The van der Waals surface area contributed by atoms with E-state index in [-0.39, 0.29) is 0 Å². The van der Waals surface area contributed by atoms with Gasteiger partial charge < -0.3 is 9.84 Å². The largest absolute Gasteiger partial charge is 0.339 e. The standard InChI is InChI=1S/C12H13N3OS/c1-2-10(17-5-1)11-14-12(16-15-11)8-6-7-3-4-9(8)13-7/h1-2,5,7-9,13H,3-4,6H2. The molecule has 0 amide bonds. The minimum atomic E-state index is 0.426. The number of nitrogens with one attached hydrogen (secondary N) is 1. The van der Waals surface area contributed by atoms with Gasteiger partial charge in [-0.3, -0.25) is 0 Å². The lowest BCUT2D eigenvalue weighted by Gasteiger charge is -2.15. The van der Waals surface area contributed by atoms with Crippen LogP contribution in [-0.4, -0.2) is 22.2 Å². The average Bonchev–Trinajstić information content (AvgIpc) is 3.12. The number of nitrogens with zero attached hydrogens (tertiary/aromatic N) is 2. The maximum atomic E-state index is 5.43. The first-order valence-corrected chi connectivity index (χ1v) is 6.91. The fourth-order valence-electron chi connectivity index (χ4n) is 2.99. The van der Waals surface area contributed by atoms with Crippen LogP contribution in [0.25, 0.3) is 10.7 Å². The van der Waals surface area contributed by atoms with Gasteiger partial charge in [-0.25, -0.2) is 0 Å². The third kappa shape index (κ3) is 1.53. The van der Waals surface area contributed by atoms with Crippen LogP contribution in [-0.2, 0) is 0 Å². The first kappa shape index (κ1) is 9.79. The summed E-state index contributed by atoms with van der Waals surface area (Å²) in [7, 11) is 0. The molecule has 5 heteroatoms. The Hall–Kier alpha value is -1.20. The second-order valence-electron chi connectivity index (χ2n) is 4.82. The maximum absolute atomic E-state index is 5.43. The summed E-state index contributed by atoms with van der Waals surface area (Å²) in [5.74, 6) is 1.97. The highest BCUT2D eigenvalue weighted by atomic mass is 32.1. The van der Waals surface area contributed by atoms with Gasteiger partial charge in [-0.2, -0.15) is 4.98 Å². The van der Waals surface area contributed by atoms with Gasteiger partial charge >= 0.3 is 0 Å². The fourth-order valence-corrected chi connectivity index (χ4v) is 3.64. The van der Waals surface area contributed by atoms with Crippen molar-refractivity contribution in [3.05, 3.63) is 23.4 Å². The number of aromatic nitrogens is 2. The molecule has 88 valence electrons. The van der Waals surface area contributed by atoms with Gasteiger partial charge in [-0.15, -0.1) is 11.3 Å². The summed E-state index contributed by atoms with van der Waals surface area (Å²) in [5.41, 5.74) is 0. The van der Waals surface area contributed by atoms with E-state index in [0.717, 1.165) is 23.0 Å². The third-order valence-corrected chi connectivity index (χ3v) is 4.67. The summed E-state index contributed by atoms with van der Waals surface area (Å²) in [6.07, 6.45) is 3.69. The van der Waals surface area contributed by atoms with Crippen LogP contribution in [0.5, 0.6) is 0 Å². The van der Waals surface area contributed by atoms with E-state index in [1.54, 1.807) is 11.3 Å². The van der Waals surface area contributed by atoms with E-state index in [9.17, 15) is 0 Å². The Labute approximate surface area is 103 Å². The Balaban J connectivity index is 1.63. The summed E-state index contributed by atoms with van der Waals surface area (Å²) < 4.78 is 5.43. The Kier molecular flexibility index (Phi) is 2.10.